The number of thioether (sulfide) groups is 1. The van der Waals surface area contributed by atoms with Crippen molar-refractivity contribution in [3.8, 4) is 0 Å². The molecule has 1 fully saturated rings. The highest BCUT2D eigenvalue weighted by atomic mass is 32.2. The summed E-state index contributed by atoms with van der Waals surface area (Å²) in [4.78, 5) is 25.5. The number of halogens is 1. The number of nitrogens with zero attached hydrogens (tertiary/aromatic N) is 1. The molecular formula is C18H12FNO3S2. The molecule has 0 aromatic heterocycles. The molecule has 0 unspecified atom stereocenters. The lowest BCUT2D eigenvalue weighted by Gasteiger charge is -2.17. The monoisotopic (exact) mass is 373 g/mol. The highest BCUT2D eigenvalue weighted by molar-refractivity contribution is 8.27. The van der Waals surface area contributed by atoms with Gasteiger partial charge in [0.05, 0.1) is 16.2 Å². The minimum Gasteiger partial charge on any atom is -0.478 e. The average Bonchev–Trinajstić information content (AvgIpc) is 2.84. The highest BCUT2D eigenvalue weighted by Crippen LogP contribution is 2.37. The SMILES string of the molecule is Cc1ccc(C(=O)O)cc1N1C(=O)C(=Cc2ccccc2F)SC1=S. The second-order valence-electron chi connectivity index (χ2n) is 5.35. The summed E-state index contributed by atoms with van der Waals surface area (Å²) in [6.07, 6.45) is 1.45. The number of amides is 1. The lowest BCUT2D eigenvalue weighted by molar-refractivity contribution is -0.113. The Hall–Kier alpha value is -2.51. The maximum atomic E-state index is 13.8. The third kappa shape index (κ3) is 3.33. The number of benzene rings is 2. The number of carboxylic acid groups (broad SMARTS) is 1. The van der Waals surface area contributed by atoms with Gasteiger partial charge in [-0.05, 0) is 36.8 Å². The molecule has 4 nitrogen and oxygen atoms in total. The maximum Gasteiger partial charge on any atom is 0.335 e. The van der Waals surface area contributed by atoms with Gasteiger partial charge >= 0.3 is 5.97 Å². The van der Waals surface area contributed by atoms with Crippen molar-refractivity contribution in [1.29, 1.82) is 0 Å². The van der Waals surface area contributed by atoms with Crippen LogP contribution in [0.3, 0.4) is 0 Å². The number of anilines is 1. The summed E-state index contributed by atoms with van der Waals surface area (Å²) in [5, 5.41) is 9.16. The molecule has 0 atom stereocenters. The van der Waals surface area contributed by atoms with Crippen LogP contribution in [-0.2, 0) is 4.79 Å². The Labute approximate surface area is 153 Å². The van der Waals surface area contributed by atoms with Gasteiger partial charge in [0.15, 0.2) is 4.32 Å². The van der Waals surface area contributed by atoms with Gasteiger partial charge in [-0.15, -0.1) is 0 Å². The van der Waals surface area contributed by atoms with Crippen LogP contribution < -0.4 is 4.90 Å². The molecule has 3 rings (SSSR count). The van der Waals surface area contributed by atoms with Gasteiger partial charge in [0.1, 0.15) is 5.82 Å². The van der Waals surface area contributed by atoms with E-state index < -0.39 is 17.7 Å². The zero-order valence-corrected chi connectivity index (χ0v) is 14.7. The molecular weight excluding hydrogens is 361 g/mol. The molecule has 126 valence electrons. The van der Waals surface area contributed by atoms with Crippen LogP contribution in [0.25, 0.3) is 6.08 Å². The van der Waals surface area contributed by atoms with Crippen molar-refractivity contribution in [3.63, 3.8) is 0 Å². The van der Waals surface area contributed by atoms with E-state index in [1.165, 1.54) is 29.2 Å². The van der Waals surface area contributed by atoms with Gasteiger partial charge in [-0.3, -0.25) is 9.69 Å². The molecule has 0 saturated carbocycles. The van der Waals surface area contributed by atoms with Crippen molar-refractivity contribution < 1.29 is 19.1 Å². The predicted molar refractivity (Wildman–Crippen MR) is 100 cm³/mol. The molecule has 2 aromatic rings. The molecule has 25 heavy (non-hydrogen) atoms. The number of carboxylic acids is 1. The Kier molecular flexibility index (Phi) is 4.69. The van der Waals surface area contributed by atoms with E-state index in [4.69, 9.17) is 17.3 Å². The summed E-state index contributed by atoms with van der Waals surface area (Å²) < 4.78 is 14.1. The molecule has 1 aliphatic heterocycles. The zero-order chi connectivity index (χ0) is 18.1. The van der Waals surface area contributed by atoms with Crippen molar-refractivity contribution in [2.45, 2.75) is 6.92 Å². The number of hydrogen-bond acceptors (Lipinski definition) is 4. The Morgan fingerprint density at radius 3 is 2.68 bits per heavy atom. The van der Waals surface area contributed by atoms with E-state index in [1.807, 2.05) is 0 Å². The Bertz CT molecular complexity index is 940. The van der Waals surface area contributed by atoms with Crippen LogP contribution in [-0.4, -0.2) is 21.3 Å². The van der Waals surface area contributed by atoms with Gasteiger partial charge in [0.2, 0.25) is 0 Å². The first kappa shape index (κ1) is 17.3. The molecule has 7 heteroatoms. The lowest BCUT2D eigenvalue weighted by Crippen LogP contribution is -2.28. The molecule has 0 bridgehead atoms. The summed E-state index contributed by atoms with van der Waals surface area (Å²) in [7, 11) is 0. The van der Waals surface area contributed by atoms with E-state index in [-0.39, 0.29) is 14.8 Å². The fraction of sp³-hybridized carbons (Fsp3) is 0.0556. The first-order valence-electron chi connectivity index (χ1n) is 7.25. The molecule has 1 heterocycles. The van der Waals surface area contributed by atoms with Crippen LogP contribution in [0.2, 0.25) is 0 Å². The van der Waals surface area contributed by atoms with Crippen LogP contribution in [0.1, 0.15) is 21.5 Å². The molecule has 1 aliphatic rings. The quantitative estimate of drug-likeness (QED) is 0.644. The predicted octanol–water partition coefficient (Wildman–Crippen LogP) is 4.24. The number of aryl methyl sites for hydroxylation is 1. The van der Waals surface area contributed by atoms with Gasteiger partial charge in [0, 0.05) is 5.56 Å². The topological polar surface area (TPSA) is 57.6 Å². The molecule has 0 radical (unpaired) electrons. The van der Waals surface area contributed by atoms with E-state index in [9.17, 15) is 14.0 Å². The molecule has 1 amide bonds. The summed E-state index contributed by atoms with van der Waals surface area (Å²) in [6, 6.07) is 10.6. The largest absolute Gasteiger partial charge is 0.478 e. The number of thiocarbonyl (C=S) groups is 1. The number of hydrogen-bond donors (Lipinski definition) is 1. The molecule has 0 spiro atoms. The van der Waals surface area contributed by atoms with E-state index in [2.05, 4.69) is 0 Å². The standard InChI is InChI=1S/C18H12FNO3S2/c1-10-6-7-12(17(22)23)8-14(10)20-16(21)15(25-18(20)24)9-11-4-2-3-5-13(11)19/h2-9H,1H3,(H,22,23). The van der Waals surface area contributed by atoms with Crippen molar-refractivity contribution in [1.82, 2.24) is 0 Å². The van der Waals surface area contributed by atoms with Crippen molar-refractivity contribution in [3.05, 3.63) is 69.9 Å². The molecule has 1 N–H and O–H groups in total. The molecule has 2 aromatic carbocycles. The fourth-order valence-corrected chi connectivity index (χ4v) is 3.67. The summed E-state index contributed by atoms with van der Waals surface area (Å²) in [5.41, 5.74) is 1.49. The number of carbonyl (C=O) groups excluding carboxylic acids is 1. The first-order chi connectivity index (χ1) is 11.9. The number of carbonyl (C=O) groups is 2. The number of rotatable bonds is 3. The van der Waals surface area contributed by atoms with Gasteiger partial charge in [-0.1, -0.05) is 48.2 Å². The molecule has 1 saturated heterocycles. The smallest absolute Gasteiger partial charge is 0.335 e. The van der Waals surface area contributed by atoms with Crippen LogP contribution in [0, 0.1) is 12.7 Å². The van der Waals surface area contributed by atoms with E-state index in [1.54, 1.807) is 31.2 Å². The summed E-state index contributed by atoms with van der Waals surface area (Å²) in [5.74, 6) is -1.92. The van der Waals surface area contributed by atoms with E-state index >= 15 is 0 Å². The van der Waals surface area contributed by atoms with Crippen LogP contribution >= 0.6 is 24.0 Å². The summed E-state index contributed by atoms with van der Waals surface area (Å²) >= 11 is 6.34. The van der Waals surface area contributed by atoms with E-state index in [0.717, 1.165) is 11.8 Å². The zero-order valence-electron chi connectivity index (χ0n) is 13.0. The van der Waals surface area contributed by atoms with E-state index in [0.29, 0.717) is 16.8 Å². The Morgan fingerprint density at radius 2 is 2.00 bits per heavy atom. The van der Waals surface area contributed by atoms with Crippen LogP contribution in [0.5, 0.6) is 0 Å². The van der Waals surface area contributed by atoms with Gasteiger partial charge in [-0.2, -0.15) is 0 Å². The van der Waals surface area contributed by atoms with Gasteiger partial charge in [0.25, 0.3) is 5.91 Å². The van der Waals surface area contributed by atoms with Crippen molar-refractivity contribution >= 4 is 51.9 Å². The Balaban J connectivity index is 2.02. The second-order valence-corrected chi connectivity index (χ2v) is 7.02. The minimum absolute atomic E-state index is 0.0627. The van der Waals surface area contributed by atoms with Crippen molar-refractivity contribution in [2.24, 2.45) is 0 Å². The fourth-order valence-electron chi connectivity index (χ4n) is 2.39. The third-order valence-electron chi connectivity index (χ3n) is 3.68. The van der Waals surface area contributed by atoms with Gasteiger partial charge < -0.3 is 5.11 Å². The van der Waals surface area contributed by atoms with Crippen LogP contribution in [0.15, 0.2) is 47.4 Å². The Morgan fingerprint density at radius 1 is 1.28 bits per heavy atom. The first-order valence-corrected chi connectivity index (χ1v) is 8.47. The maximum absolute atomic E-state index is 13.8. The minimum atomic E-state index is -1.09. The molecule has 0 aliphatic carbocycles. The third-order valence-corrected chi connectivity index (χ3v) is 4.98. The lowest BCUT2D eigenvalue weighted by atomic mass is 10.1. The summed E-state index contributed by atoms with van der Waals surface area (Å²) in [6.45, 7) is 1.76. The van der Waals surface area contributed by atoms with Gasteiger partial charge in [-0.25, -0.2) is 9.18 Å². The van der Waals surface area contributed by atoms with Crippen LogP contribution in [0.4, 0.5) is 10.1 Å². The normalized spacial score (nSPS) is 15.9. The average molecular weight is 373 g/mol. The number of aromatic carboxylic acids is 1. The van der Waals surface area contributed by atoms with Crippen molar-refractivity contribution in [2.75, 3.05) is 4.90 Å². The second kappa shape index (κ2) is 6.78. The highest BCUT2D eigenvalue weighted by Gasteiger charge is 2.34.